The Hall–Kier alpha value is -8.25. The lowest BCUT2D eigenvalue weighted by Gasteiger charge is -2.28. The van der Waals surface area contributed by atoms with Crippen LogP contribution in [0.2, 0.25) is 0 Å². The van der Waals surface area contributed by atoms with Gasteiger partial charge in [0.2, 0.25) is 53.2 Å². The normalized spacial score (nSPS) is 21.2. The third-order valence-electron chi connectivity index (χ3n) is 12.1. The third kappa shape index (κ3) is 20.7. The Morgan fingerprint density at radius 2 is 1.28 bits per heavy atom. The highest BCUT2D eigenvalue weighted by atomic mass is 16.2. The number of guanidine groups is 2. The van der Waals surface area contributed by atoms with Gasteiger partial charge in [-0.15, -0.1) is 0 Å². The molecule has 1 aliphatic rings. The number of rotatable bonds is 18. The van der Waals surface area contributed by atoms with Gasteiger partial charge in [-0.25, -0.2) is 0 Å². The summed E-state index contributed by atoms with van der Waals surface area (Å²) in [7, 11) is 0. The van der Waals surface area contributed by atoms with E-state index in [0.29, 0.717) is 11.1 Å². The third-order valence-corrected chi connectivity index (χ3v) is 12.1. The van der Waals surface area contributed by atoms with Crippen molar-refractivity contribution < 1.29 is 43.2 Å². The van der Waals surface area contributed by atoms with Gasteiger partial charge in [0.1, 0.15) is 42.3 Å². The number of carbonyl (C=O) groups excluding carboxylic acids is 9. The molecule has 3 aromatic rings. The molecule has 0 bridgehead atoms. The predicted molar refractivity (Wildman–Crippen MR) is 281 cm³/mol. The zero-order valence-corrected chi connectivity index (χ0v) is 42.7. The summed E-state index contributed by atoms with van der Waals surface area (Å²) in [6, 6.07) is 6.68. The van der Waals surface area contributed by atoms with Crippen LogP contribution in [0.3, 0.4) is 0 Å². The average Bonchev–Trinajstić information content (AvgIpc) is 3.76. The maximum atomic E-state index is 14.6. The lowest BCUT2D eigenvalue weighted by molar-refractivity contribution is -0.136. The van der Waals surface area contributed by atoms with Crippen LogP contribution in [0.15, 0.2) is 70.8 Å². The van der Waals surface area contributed by atoms with Gasteiger partial charge < -0.3 is 76.2 Å². The smallest absolute Gasteiger partial charge is 0.243 e. The molecule has 4 rings (SSSR count). The summed E-state index contributed by atoms with van der Waals surface area (Å²) in [5.74, 6) is -7.57. The van der Waals surface area contributed by atoms with Gasteiger partial charge in [0.15, 0.2) is 11.9 Å². The zero-order chi connectivity index (χ0) is 55.0. The SMILES string of the molecule is CC(=O)N[C@@H](CCCN=C(N)N)C(=O)N[C@H]1CC(=O)NCCCCC(C(N)=O)NC(=O)[C@H](Cc2c[nH]c3ccccc23)NC(=O)[C@H](CCCN=C(N)N)NC(=O)[C@@H](Cc2ccccc2)NC(=O)[C@H](CC(C)C)NC1=O. The number of primary amides is 1. The van der Waals surface area contributed by atoms with Crippen LogP contribution in [0.5, 0.6) is 0 Å². The van der Waals surface area contributed by atoms with E-state index in [1.165, 1.54) is 6.92 Å². The molecule has 1 unspecified atom stereocenters. The molecule has 0 radical (unpaired) electrons. The van der Waals surface area contributed by atoms with Crippen molar-refractivity contribution in [3.63, 3.8) is 0 Å². The Kier molecular flexibility index (Phi) is 23.8. The number of aliphatic imine (C=N–C) groups is 2. The van der Waals surface area contributed by atoms with Crippen LogP contribution in [0, 0.1) is 5.92 Å². The molecule has 1 saturated heterocycles. The largest absolute Gasteiger partial charge is 0.370 e. The monoisotopic (exact) mass is 1040 g/mol. The lowest BCUT2D eigenvalue weighted by atomic mass is 9.99. The number of amides is 9. The van der Waals surface area contributed by atoms with Crippen molar-refractivity contribution in [2.45, 2.75) is 134 Å². The van der Waals surface area contributed by atoms with Crippen molar-refractivity contribution in [1.82, 2.24) is 47.5 Å². The molecule has 1 fully saturated rings. The van der Waals surface area contributed by atoms with Gasteiger partial charge in [0, 0.05) is 56.5 Å². The molecule has 1 aliphatic heterocycles. The Morgan fingerprint density at radius 3 is 1.93 bits per heavy atom. The number of nitrogens with zero attached hydrogens (tertiary/aromatic N) is 2. The molecule has 1 aromatic heterocycles. The maximum absolute atomic E-state index is 14.6. The number of aromatic amines is 1. The molecule has 0 spiro atoms. The fourth-order valence-electron chi connectivity index (χ4n) is 8.37. The van der Waals surface area contributed by atoms with Crippen molar-refractivity contribution in [1.29, 1.82) is 0 Å². The molecule has 0 saturated carbocycles. The van der Waals surface area contributed by atoms with Crippen LogP contribution < -0.4 is 71.2 Å². The van der Waals surface area contributed by atoms with E-state index in [1.807, 2.05) is 24.3 Å². The van der Waals surface area contributed by atoms with Gasteiger partial charge >= 0.3 is 0 Å². The first-order valence-electron chi connectivity index (χ1n) is 25.1. The van der Waals surface area contributed by atoms with Crippen molar-refractivity contribution in [3.8, 4) is 0 Å². The van der Waals surface area contributed by atoms with Crippen molar-refractivity contribution in [2.24, 2.45) is 44.6 Å². The highest BCUT2D eigenvalue weighted by Gasteiger charge is 2.35. The molecule has 25 heteroatoms. The highest BCUT2D eigenvalue weighted by Crippen LogP contribution is 2.20. The van der Waals surface area contributed by atoms with Gasteiger partial charge in [-0.05, 0) is 74.5 Å². The second-order valence-corrected chi connectivity index (χ2v) is 18.9. The second-order valence-electron chi connectivity index (χ2n) is 18.9. The van der Waals surface area contributed by atoms with E-state index in [4.69, 9.17) is 28.7 Å². The number of fused-ring (bicyclic) bond motifs is 1. The van der Waals surface area contributed by atoms with Crippen molar-refractivity contribution in [2.75, 3.05) is 19.6 Å². The fourth-order valence-corrected chi connectivity index (χ4v) is 8.37. The minimum atomic E-state index is -1.59. The molecule has 25 nitrogen and oxygen atoms in total. The molecule has 2 heterocycles. The standard InChI is InChI=1S/C50H74N16O9/c1-28(2)23-37-45(72)64-38(24-30-13-5-4-6-14-30)46(73)62-36(19-12-22-58-50(54)55)44(71)65-39(25-31-27-59-33-16-8-7-15-32(31)33)47(74)61-34(42(51)69)17-9-10-20-56-41(68)26-40(48(75)63-37)66-43(70)35(60-29(3)67)18-11-21-57-49(52)53/h4-8,13-16,27-28,34-40,59H,9-12,17-26H2,1-3H3,(H2,51,69)(H,56,68)(H,60,67)(H,61,74)(H,62,73)(H,63,75)(H,64,72)(H,65,71)(H,66,70)(H4,52,53,57)(H4,54,55,58)/t34?,35-,36-,37-,38+,39-,40-/m0/s1. The number of hydrogen-bond donors (Lipinski definition) is 14. The average molecular weight is 1040 g/mol. The number of para-hydroxylation sites is 1. The van der Waals surface area contributed by atoms with Crippen LogP contribution in [0.1, 0.15) is 89.7 Å². The first kappa shape index (κ1) is 59.3. The number of nitrogens with two attached hydrogens (primary N) is 5. The lowest BCUT2D eigenvalue weighted by Crippen LogP contribution is -2.60. The minimum absolute atomic E-state index is 0.0318. The Morgan fingerprint density at radius 1 is 0.693 bits per heavy atom. The van der Waals surface area contributed by atoms with Crippen LogP contribution in [0.25, 0.3) is 10.9 Å². The number of nitrogens with one attached hydrogen (secondary N) is 9. The zero-order valence-electron chi connectivity index (χ0n) is 42.7. The number of hydrogen-bond acceptors (Lipinski definition) is 11. The van der Waals surface area contributed by atoms with E-state index in [2.05, 4.69) is 57.5 Å². The summed E-state index contributed by atoms with van der Waals surface area (Å²) in [4.78, 5) is 136. The molecule has 19 N–H and O–H groups in total. The van der Waals surface area contributed by atoms with Crippen molar-refractivity contribution >= 4 is 76.0 Å². The summed E-state index contributed by atoms with van der Waals surface area (Å²) < 4.78 is 0. The molecule has 408 valence electrons. The van der Waals surface area contributed by atoms with Crippen LogP contribution in [0.4, 0.5) is 0 Å². The maximum Gasteiger partial charge on any atom is 0.243 e. The number of carbonyl (C=O) groups is 9. The highest BCUT2D eigenvalue weighted by molar-refractivity contribution is 5.99. The van der Waals surface area contributed by atoms with Gasteiger partial charge in [-0.2, -0.15) is 0 Å². The Bertz CT molecular complexity index is 2510. The van der Waals surface area contributed by atoms with E-state index in [9.17, 15) is 43.2 Å². The van der Waals surface area contributed by atoms with E-state index in [1.54, 1.807) is 50.4 Å². The van der Waals surface area contributed by atoms with E-state index in [0.717, 1.165) is 10.9 Å². The number of aromatic nitrogens is 1. The number of H-pyrrole nitrogens is 1. The minimum Gasteiger partial charge on any atom is -0.370 e. The predicted octanol–water partition coefficient (Wildman–Crippen LogP) is -2.30. The molecule has 0 aliphatic carbocycles. The Balaban J connectivity index is 1.77. The van der Waals surface area contributed by atoms with Crippen LogP contribution in [-0.2, 0) is 56.0 Å². The van der Waals surface area contributed by atoms with Gasteiger partial charge in [0.05, 0.1) is 6.42 Å². The van der Waals surface area contributed by atoms with E-state index >= 15 is 0 Å². The van der Waals surface area contributed by atoms with Gasteiger partial charge in [0.25, 0.3) is 0 Å². The van der Waals surface area contributed by atoms with Crippen LogP contribution >= 0.6 is 0 Å². The molecule has 7 atom stereocenters. The second kappa shape index (κ2) is 30.1. The first-order valence-corrected chi connectivity index (χ1v) is 25.1. The molecule has 9 amide bonds. The van der Waals surface area contributed by atoms with E-state index < -0.39 is 102 Å². The summed E-state index contributed by atoms with van der Waals surface area (Å²) in [6.07, 6.45) is 1.96. The molecule has 2 aromatic carbocycles. The summed E-state index contributed by atoms with van der Waals surface area (Å²) in [5, 5.41) is 22.3. The fraction of sp³-hybridized carbons (Fsp3) is 0.500. The molecular formula is C50H74N16O9. The Labute approximate surface area is 435 Å². The van der Waals surface area contributed by atoms with Crippen LogP contribution in [-0.4, -0.2) is 132 Å². The topological polar surface area (TPSA) is 420 Å². The summed E-state index contributed by atoms with van der Waals surface area (Å²) >= 11 is 0. The summed E-state index contributed by atoms with van der Waals surface area (Å²) in [5.41, 5.74) is 29.9. The van der Waals surface area contributed by atoms with Gasteiger partial charge in [-0.3, -0.25) is 53.1 Å². The molecule has 75 heavy (non-hydrogen) atoms. The summed E-state index contributed by atoms with van der Waals surface area (Å²) in [6.45, 7) is 5.03. The number of benzene rings is 2. The van der Waals surface area contributed by atoms with E-state index in [-0.39, 0.29) is 102 Å². The quantitative estimate of drug-likeness (QED) is 0.0363. The molecular weight excluding hydrogens is 969 g/mol. The van der Waals surface area contributed by atoms with Crippen molar-refractivity contribution in [3.05, 3.63) is 71.9 Å². The van der Waals surface area contributed by atoms with Gasteiger partial charge in [-0.1, -0.05) is 62.4 Å². The first-order chi connectivity index (χ1) is 35.7.